The second-order valence-corrected chi connectivity index (χ2v) is 7.21. The zero-order valence-electron chi connectivity index (χ0n) is 11.0. The van der Waals surface area contributed by atoms with Crippen molar-refractivity contribution in [3.05, 3.63) is 0 Å². The van der Waals surface area contributed by atoms with E-state index < -0.39 is 8.80 Å². The van der Waals surface area contributed by atoms with E-state index in [1.54, 1.807) is 0 Å². The number of hydrogen-bond acceptors (Lipinski definition) is 5. The van der Waals surface area contributed by atoms with E-state index in [0.29, 0.717) is 32.4 Å². The molecule has 0 fully saturated rings. The summed E-state index contributed by atoms with van der Waals surface area (Å²) in [6.45, 7) is 6.22. The second kappa shape index (κ2) is 10.8. The molecule has 0 aromatic carbocycles. The minimum Gasteiger partial charge on any atom is -0.374 e. The standard InChI is InChI=1S/C10H23NO4Si2/c1-3-13-17(14-4-2,15-7-8-16)9-5-6-11-10-12/h3-9H2,1-2,16H3. The molecule has 0 aliphatic heterocycles. The van der Waals surface area contributed by atoms with Gasteiger partial charge in [-0.25, -0.2) is 9.79 Å². The van der Waals surface area contributed by atoms with E-state index in [0.717, 1.165) is 22.7 Å². The Bertz CT molecular complexity index is 228. The molecule has 0 aromatic rings. The van der Waals surface area contributed by atoms with Gasteiger partial charge < -0.3 is 13.3 Å². The first-order valence-corrected chi connectivity index (χ1v) is 9.54. The molecule has 0 rings (SSSR count). The molecule has 0 saturated heterocycles. The lowest BCUT2D eigenvalue weighted by Gasteiger charge is -2.28. The summed E-state index contributed by atoms with van der Waals surface area (Å²) in [4.78, 5) is 13.5. The van der Waals surface area contributed by atoms with Crippen molar-refractivity contribution in [3.63, 3.8) is 0 Å². The summed E-state index contributed by atoms with van der Waals surface area (Å²) in [5.74, 6) is 0. The highest BCUT2D eigenvalue weighted by atomic mass is 28.4. The summed E-state index contributed by atoms with van der Waals surface area (Å²) in [6.07, 6.45) is 2.27. The van der Waals surface area contributed by atoms with Gasteiger partial charge in [0.05, 0.1) is 6.54 Å². The lowest BCUT2D eigenvalue weighted by molar-refractivity contribution is 0.0711. The van der Waals surface area contributed by atoms with E-state index in [-0.39, 0.29) is 0 Å². The number of carbonyl (C=O) groups excluding carboxylic acids is 1. The van der Waals surface area contributed by atoms with Crippen molar-refractivity contribution in [1.29, 1.82) is 0 Å². The zero-order valence-corrected chi connectivity index (χ0v) is 14.0. The highest BCUT2D eigenvalue weighted by Gasteiger charge is 2.39. The molecule has 0 spiro atoms. The van der Waals surface area contributed by atoms with Gasteiger partial charge in [-0.2, -0.15) is 0 Å². The summed E-state index contributed by atoms with van der Waals surface area (Å²) >= 11 is 0. The maximum Gasteiger partial charge on any atom is 0.500 e. The van der Waals surface area contributed by atoms with Gasteiger partial charge in [-0.15, -0.1) is 0 Å². The summed E-state index contributed by atoms with van der Waals surface area (Å²) < 4.78 is 17.3. The van der Waals surface area contributed by atoms with Crippen LogP contribution in [0.15, 0.2) is 4.99 Å². The minimum atomic E-state index is -2.53. The van der Waals surface area contributed by atoms with Crippen molar-refractivity contribution in [2.24, 2.45) is 4.99 Å². The molecule has 0 aromatic heterocycles. The quantitative estimate of drug-likeness (QED) is 0.239. The third kappa shape index (κ3) is 7.59. The van der Waals surface area contributed by atoms with Crippen molar-refractivity contribution in [1.82, 2.24) is 0 Å². The Hall–Kier alpha value is -0.306. The summed E-state index contributed by atoms with van der Waals surface area (Å²) in [5.41, 5.74) is 0. The van der Waals surface area contributed by atoms with Gasteiger partial charge in [-0.1, -0.05) is 0 Å². The van der Waals surface area contributed by atoms with Crippen molar-refractivity contribution >= 4 is 25.1 Å². The number of hydrogen-bond donors (Lipinski definition) is 0. The highest BCUT2D eigenvalue weighted by molar-refractivity contribution is 6.60. The Labute approximate surface area is 107 Å². The largest absolute Gasteiger partial charge is 0.500 e. The molecule has 0 aliphatic carbocycles. The molecule has 0 heterocycles. The van der Waals surface area contributed by atoms with Crippen LogP contribution in [0.25, 0.3) is 0 Å². The summed E-state index contributed by atoms with van der Waals surface area (Å²) in [5, 5.41) is 0. The van der Waals surface area contributed by atoms with E-state index in [1.807, 2.05) is 13.8 Å². The van der Waals surface area contributed by atoms with E-state index in [1.165, 1.54) is 6.08 Å². The average Bonchev–Trinajstić information content (AvgIpc) is 2.33. The van der Waals surface area contributed by atoms with Crippen LogP contribution in [-0.4, -0.2) is 51.5 Å². The van der Waals surface area contributed by atoms with Crippen LogP contribution in [-0.2, 0) is 18.1 Å². The molecule has 0 unspecified atom stereocenters. The summed E-state index contributed by atoms with van der Waals surface area (Å²) in [6, 6.07) is 1.78. The number of aliphatic imine (C=N–C) groups is 1. The smallest absolute Gasteiger partial charge is 0.374 e. The van der Waals surface area contributed by atoms with E-state index >= 15 is 0 Å². The highest BCUT2D eigenvalue weighted by Crippen LogP contribution is 2.18. The van der Waals surface area contributed by atoms with E-state index in [9.17, 15) is 4.79 Å². The third-order valence-electron chi connectivity index (χ3n) is 2.07. The molecule has 0 radical (unpaired) electrons. The normalized spacial score (nSPS) is 11.4. The van der Waals surface area contributed by atoms with Gasteiger partial charge in [0.25, 0.3) is 0 Å². The van der Waals surface area contributed by atoms with Gasteiger partial charge >= 0.3 is 8.80 Å². The minimum absolute atomic E-state index is 0.461. The molecule has 5 nitrogen and oxygen atoms in total. The fourth-order valence-corrected chi connectivity index (χ4v) is 4.74. The van der Waals surface area contributed by atoms with E-state index in [4.69, 9.17) is 13.3 Å². The Balaban J connectivity index is 4.34. The Morgan fingerprint density at radius 2 is 1.88 bits per heavy atom. The predicted molar refractivity (Wildman–Crippen MR) is 72.1 cm³/mol. The maximum atomic E-state index is 9.98. The molecule has 0 saturated carbocycles. The van der Waals surface area contributed by atoms with Gasteiger partial charge in [0.1, 0.15) is 0 Å². The van der Waals surface area contributed by atoms with Gasteiger partial charge in [0.15, 0.2) is 0 Å². The molecule has 0 N–H and O–H groups in total. The van der Waals surface area contributed by atoms with Crippen molar-refractivity contribution < 1.29 is 18.1 Å². The first-order valence-electron chi connectivity index (χ1n) is 6.20. The molecule has 0 amide bonds. The molecule has 0 aliphatic rings. The van der Waals surface area contributed by atoms with Gasteiger partial charge in [-0.05, 0) is 26.3 Å². The Morgan fingerprint density at radius 1 is 1.24 bits per heavy atom. The van der Waals surface area contributed by atoms with Gasteiger partial charge in [0.2, 0.25) is 6.08 Å². The van der Waals surface area contributed by atoms with Crippen LogP contribution in [0.3, 0.4) is 0 Å². The van der Waals surface area contributed by atoms with Gasteiger partial charge in [0, 0.05) is 36.1 Å². The molecular weight excluding hydrogens is 254 g/mol. The molecule has 0 atom stereocenters. The predicted octanol–water partition coefficient (Wildman–Crippen LogP) is 0.524. The van der Waals surface area contributed by atoms with Crippen LogP contribution in [0, 0.1) is 0 Å². The monoisotopic (exact) mass is 277 g/mol. The van der Waals surface area contributed by atoms with Crippen LogP contribution in [0.5, 0.6) is 0 Å². The van der Waals surface area contributed by atoms with Crippen molar-refractivity contribution in [3.8, 4) is 0 Å². The Morgan fingerprint density at radius 3 is 2.35 bits per heavy atom. The molecule has 7 heteroatoms. The first-order chi connectivity index (χ1) is 8.24. The van der Waals surface area contributed by atoms with Crippen LogP contribution >= 0.6 is 0 Å². The fourth-order valence-electron chi connectivity index (χ4n) is 1.46. The fraction of sp³-hybridized carbons (Fsp3) is 0.900. The van der Waals surface area contributed by atoms with E-state index in [2.05, 4.69) is 4.99 Å². The topological polar surface area (TPSA) is 57.1 Å². The number of isocyanates is 1. The molecule has 0 bridgehead atoms. The lowest BCUT2D eigenvalue weighted by Crippen LogP contribution is -2.46. The van der Waals surface area contributed by atoms with Gasteiger partial charge in [-0.3, -0.25) is 0 Å². The molecule has 100 valence electrons. The molecular formula is C10H23NO4Si2. The maximum absolute atomic E-state index is 9.98. The third-order valence-corrected chi connectivity index (χ3v) is 5.55. The number of nitrogens with zero attached hydrogens (tertiary/aromatic N) is 1. The second-order valence-electron chi connectivity index (χ2n) is 3.47. The Kier molecular flexibility index (Phi) is 10.6. The van der Waals surface area contributed by atoms with Crippen LogP contribution in [0.4, 0.5) is 0 Å². The van der Waals surface area contributed by atoms with Crippen LogP contribution in [0.1, 0.15) is 20.3 Å². The lowest BCUT2D eigenvalue weighted by atomic mass is 10.5. The SMILES string of the molecule is CCO[Si](CCCN=C=O)(OCC)OCC[SiH3]. The zero-order chi connectivity index (χ0) is 13.0. The van der Waals surface area contributed by atoms with Crippen molar-refractivity contribution in [2.75, 3.05) is 26.4 Å². The summed E-state index contributed by atoms with van der Waals surface area (Å²) in [7, 11) is -1.42. The first kappa shape index (κ1) is 16.7. The van der Waals surface area contributed by atoms with Crippen molar-refractivity contribution in [2.45, 2.75) is 32.4 Å². The number of rotatable bonds is 11. The van der Waals surface area contributed by atoms with Crippen LogP contribution < -0.4 is 0 Å². The average molecular weight is 277 g/mol. The molecule has 17 heavy (non-hydrogen) atoms. The van der Waals surface area contributed by atoms with Crippen LogP contribution in [0.2, 0.25) is 12.1 Å².